The Morgan fingerprint density at radius 2 is 2.09 bits per heavy atom. The van der Waals surface area contributed by atoms with E-state index in [0.717, 1.165) is 38.1 Å². The van der Waals surface area contributed by atoms with Gasteiger partial charge in [-0.15, -0.1) is 6.58 Å². The molecule has 0 aliphatic carbocycles. The maximum Gasteiger partial charge on any atom is 0.226 e. The van der Waals surface area contributed by atoms with Crippen LogP contribution in [0.4, 0.5) is 0 Å². The van der Waals surface area contributed by atoms with E-state index in [1.165, 1.54) is 11.1 Å². The average molecular weight is 301 g/mol. The van der Waals surface area contributed by atoms with Gasteiger partial charge in [-0.2, -0.15) is 0 Å². The number of likely N-dealkylation sites (tertiary alicyclic amines) is 1. The zero-order valence-electron chi connectivity index (χ0n) is 13.8. The molecular formula is C19H27NO2. The van der Waals surface area contributed by atoms with Gasteiger partial charge < -0.3 is 9.64 Å². The number of hydrogen-bond donors (Lipinski definition) is 0. The molecule has 1 aromatic carbocycles. The van der Waals surface area contributed by atoms with E-state index < -0.39 is 0 Å². The van der Waals surface area contributed by atoms with Crippen LogP contribution in [0.3, 0.4) is 0 Å². The Morgan fingerprint density at radius 3 is 2.73 bits per heavy atom. The summed E-state index contributed by atoms with van der Waals surface area (Å²) in [7, 11) is 0. The van der Waals surface area contributed by atoms with Crippen LogP contribution in [0.1, 0.15) is 29.5 Å². The van der Waals surface area contributed by atoms with Crippen LogP contribution >= 0.6 is 0 Å². The number of nitrogens with zero attached hydrogens (tertiary/aromatic N) is 1. The molecule has 0 spiro atoms. The summed E-state index contributed by atoms with van der Waals surface area (Å²) >= 11 is 0. The van der Waals surface area contributed by atoms with Crippen molar-refractivity contribution in [3.05, 3.63) is 47.5 Å². The van der Waals surface area contributed by atoms with Crippen LogP contribution in [-0.4, -0.2) is 37.1 Å². The molecule has 2 rings (SSSR count). The van der Waals surface area contributed by atoms with E-state index in [9.17, 15) is 4.79 Å². The lowest BCUT2D eigenvalue weighted by molar-refractivity contribution is -0.132. The second-order valence-corrected chi connectivity index (χ2v) is 6.26. The molecule has 0 saturated carbocycles. The number of carbonyl (C=O) groups is 1. The molecule has 1 amide bonds. The molecule has 1 aliphatic rings. The summed E-state index contributed by atoms with van der Waals surface area (Å²) < 4.78 is 5.52. The Labute approximate surface area is 134 Å². The molecule has 0 unspecified atom stereocenters. The highest BCUT2D eigenvalue weighted by atomic mass is 16.5. The second-order valence-electron chi connectivity index (χ2n) is 6.26. The first-order valence-electron chi connectivity index (χ1n) is 8.12. The van der Waals surface area contributed by atoms with Crippen LogP contribution in [-0.2, 0) is 16.0 Å². The van der Waals surface area contributed by atoms with Crippen molar-refractivity contribution in [2.24, 2.45) is 5.92 Å². The van der Waals surface area contributed by atoms with Crippen molar-refractivity contribution in [2.45, 2.75) is 33.1 Å². The predicted molar refractivity (Wildman–Crippen MR) is 89.9 cm³/mol. The van der Waals surface area contributed by atoms with Gasteiger partial charge in [0.05, 0.1) is 13.0 Å². The molecule has 0 radical (unpaired) electrons. The SMILES string of the molecule is C=CCOCC1CCN(C(=O)Cc2ccc(C)cc2C)CC1. The number of rotatable bonds is 6. The number of benzene rings is 1. The fourth-order valence-electron chi connectivity index (χ4n) is 2.99. The first-order chi connectivity index (χ1) is 10.6. The Kier molecular flexibility index (Phi) is 6.20. The summed E-state index contributed by atoms with van der Waals surface area (Å²) in [6, 6.07) is 6.31. The van der Waals surface area contributed by atoms with Crippen LogP contribution in [0.25, 0.3) is 0 Å². The Bertz CT molecular complexity index is 516. The highest BCUT2D eigenvalue weighted by Crippen LogP contribution is 2.19. The Hall–Kier alpha value is -1.61. The summed E-state index contributed by atoms with van der Waals surface area (Å²) in [5, 5.41) is 0. The largest absolute Gasteiger partial charge is 0.377 e. The third-order valence-corrected chi connectivity index (χ3v) is 4.40. The van der Waals surface area contributed by atoms with Gasteiger partial charge in [0.1, 0.15) is 0 Å². The van der Waals surface area contributed by atoms with Gasteiger partial charge in [-0.05, 0) is 43.7 Å². The summed E-state index contributed by atoms with van der Waals surface area (Å²) in [4.78, 5) is 14.5. The third-order valence-electron chi connectivity index (χ3n) is 4.40. The smallest absolute Gasteiger partial charge is 0.226 e. The second kappa shape index (κ2) is 8.14. The predicted octanol–water partition coefficient (Wildman–Crippen LogP) is 3.29. The zero-order chi connectivity index (χ0) is 15.9. The molecule has 1 fully saturated rings. The van der Waals surface area contributed by atoms with Gasteiger partial charge in [0.2, 0.25) is 5.91 Å². The van der Waals surface area contributed by atoms with Crippen molar-refractivity contribution < 1.29 is 9.53 Å². The molecule has 22 heavy (non-hydrogen) atoms. The summed E-state index contributed by atoms with van der Waals surface area (Å²) in [5.74, 6) is 0.822. The van der Waals surface area contributed by atoms with Crippen molar-refractivity contribution in [1.82, 2.24) is 4.90 Å². The first kappa shape index (κ1) is 16.8. The normalized spacial score (nSPS) is 15.8. The monoisotopic (exact) mass is 301 g/mol. The van der Waals surface area contributed by atoms with Gasteiger partial charge >= 0.3 is 0 Å². The molecular weight excluding hydrogens is 274 g/mol. The van der Waals surface area contributed by atoms with E-state index in [2.05, 4.69) is 38.6 Å². The minimum absolute atomic E-state index is 0.248. The number of amides is 1. The van der Waals surface area contributed by atoms with E-state index in [1.54, 1.807) is 6.08 Å². The van der Waals surface area contributed by atoms with Gasteiger partial charge in [-0.1, -0.05) is 29.8 Å². The minimum atomic E-state index is 0.248. The highest BCUT2D eigenvalue weighted by Gasteiger charge is 2.23. The topological polar surface area (TPSA) is 29.5 Å². The maximum atomic E-state index is 12.5. The van der Waals surface area contributed by atoms with Crippen molar-refractivity contribution in [1.29, 1.82) is 0 Å². The Morgan fingerprint density at radius 1 is 1.36 bits per heavy atom. The minimum Gasteiger partial charge on any atom is -0.377 e. The lowest BCUT2D eigenvalue weighted by Gasteiger charge is -2.32. The average Bonchev–Trinajstić information content (AvgIpc) is 2.51. The van der Waals surface area contributed by atoms with E-state index >= 15 is 0 Å². The van der Waals surface area contributed by atoms with E-state index in [1.807, 2.05) is 4.90 Å². The van der Waals surface area contributed by atoms with Gasteiger partial charge in [0.25, 0.3) is 0 Å². The molecule has 1 aliphatic heterocycles. The molecule has 3 nitrogen and oxygen atoms in total. The summed E-state index contributed by atoms with van der Waals surface area (Å²) in [6.07, 6.45) is 4.37. The van der Waals surface area contributed by atoms with Crippen molar-refractivity contribution in [3.8, 4) is 0 Å². The molecule has 0 atom stereocenters. The van der Waals surface area contributed by atoms with Gasteiger partial charge in [0.15, 0.2) is 0 Å². The van der Waals surface area contributed by atoms with Gasteiger partial charge in [-0.25, -0.2) is 0 Å². The van der Waals surface area contributed by atoms with Crippen molar-refractivity contribution >= 4 is 5.91 Å². The Balaban J connectivity index is 1.81. The quantitative estimate of drug-likeness (QED) is 0.596. The molecule has 0 bridgehead atoms. The third kappa shape index (κ3) is 4.70. The fourth-order valence-corrected chi connectivity index (χ4v) is 2.99. The first-order valence-corrected chi connectivity index (χ1v) is 8.12. The van der Waals surface area contributed by atoms with Gasteiger partial charge in [0, 0.05) is 19.7 Å². The highest BCUT2D eigenvalue weighted by molar-refractivity contribution is 5.79. The van der Waals surface area contributed by atoms with Crippen molar-refractivity contribution in [3.63, 3.8) is 0 Å². The number of aryl methyl sites for hydroxylation is 2. The standard InChI is InChI=1S/C19H27NO2/c1-4-11-22-14-17-7-9-20(10-8-17)19(21)13-18-6-5-15(2)12-16(18)3/h4-6,12,17H,1,7-11,13-14H2,2-3H3. The van der Waals surface area contributed by atoms with Crippen LogP contribution in [0, 0.1) is 19.8 Å². The molecule has 1 heterocycles. The fraction of sp³-hybridized carbons (Fsp3) is 0.526. The lowest BCUT2D eigenvalue weighted by Crippen LogP contribution is -2.40. The summed E-state index contributed by atoms with van der Waals surface area (Å²) in [6.45, 7) is 10.9. The van der Waals surface area contributed by atoms with E-state index in [-0.39, 0.29) is 5.91 Å². The van der Waals surface area contributed by atoms with E-state index in [4.69, 9.17) is 4.74 Å². The number of piperidine rings is 1. The van der Waals surface area contributed by atoms with Crippen molar-refractivity contribution in [2.75, 3.05) is 26.3 Å². The molecule has 3 heteroatoms. The summed E-state index contributed by atoms with van der Waals surface area (Å²) in [5.41, 5.74) is 3.60. The molecule has 0 aromatic heterocycles. The van der Waals surface area contributed by atoms with Crippen LogP contribution < -0.4 is 0 Å². The lowest BCUT2D eigenvalue weighted by atomic mass is 9.96. The molecule has 120 valence electrons. The van der Waals surface area contributed by atoms with E-state index in [0.29, 0.717) is 18.9 Å². The van der Waals surface area contributed by atoms with Crippen LogP contribution in [0.15, 0.2) is 30.9 Å². The number of hydrogen-bond acceptors (Lipinski definition) is 2. The molecule has 1 saturated heterocycles. The van der Waals surface area contributed by atoms with Gasteiger partial charge in [-0.3, -0.25) is 4.79 Å². The van der Waals surface area contributed by atoms with Crippen LogP contribution in [0.2, 0.25) is 0 Å². The maximum absolute atomic E-state index is 12.5. The zero-order valence-corrected chi connectivity index (χ0v) is 13.8. The molecule has 1 aromatic rings. The molecule has 0 N–H and O–H groups in total. The van der Waals surface area contributed by atoms with Crippen LogP contribution in [0.5, 0.6) is 0 Å². The number of ether oxygens (including phenoxy) is 1. The number of carbonyl (C=O) groups excluding carboxylic acids is 1.